The number of hydrogen-bond donors (Lipinski definition) is 1. The molecule has 0 aliphatic carbocycles. The number of nitrogens with two attached hydrogens (primary N) is 1. The molecule has 0 atom stereocenters. The molecule has 0 saturated carbocycles. The van der Waals surface area contributed by atoms with Gasteiger partial charge in [0.2, 0.25) is 0 Å². The van der Waals surface area contributed by atoms with Gasteiger partial charge < -0.3 is 15.4 Å². The summed E-state index contributed by atoms with van der Waals surface area (Å²) in [5.74, 6) is -1.33. The van der Waals surface area contributed by atoms with Crippen LogP contribution < -0.4 is 15.4 Å². The number of rotatable bonds is 5. The lowest BCUT2D eigenvalue weighted by Crippen LogP contribution is -2.26. The average molecular weight is 302 g/mol. The fourth-order valence-electron chi connectivity index (χ4n) is 2.99. The van der Waals surface area contributed by atoms with Gasteiger partial charge in [0, 0.05) is 25.2 Å². The Morgan fingerprint density at radius 3 is 2.52 bits per heavy atom. The van der Waals surface area contributed by atoms with Crippen LogP contribution in [-0.2, 0) is 0 Å². The zero-order valence-electron chi connectivity index (χ0n) is 12.3. The maximum Gasteiger partial charge on any atom is 0.387 e. The second-order valence-corrected chi connectivity index (χ2v) is 5.60. The number of ether oxygens (including phenoxy) is 1. The monoisotopic (exact) mass is 302 g/mol. The first-order valence-electron chi connectivity index (χ1n) is 7.19. The minimum Gasteiger partial charge on any atom is -0.432 e. The van der Waals surface area contributed by atoms with Crippen LogP contribution in [0, 0.1) is 11.2 Å². The van der Waals surface area contributed by atoms with E-state index in [2.05, 4.69) is 18.6 Å². The Balaban J connectivity index is 2.28. The van der Waals surface area contributed by atoms with E-state index >= 15 is 0 Å². The number of benzene rings is 1. The largest absolute Gasteiger partial charge is 0.432 e. The van der Waals surface area contributed by atoms with Crippen LogP contribution in [0.1, 0.15) is 33.1 Å². The van der Waals surface area contributed by atoms with E-state index in [9.17, 15) is 13.2 Å². The summed E-state index contributed by atoms with van der Waals surface area (Å²) in [5, 5.41) is 0. The highest BCUT2D eigenvalue weighted by molar-refractivity contribution is 5.70. The van der Waals surface area contributed by atoms with Crippen LogP contribution in [0.4, 0.5) is 24.5 Å². The summed E-state index contributed by atoms with van der Waals surface area (Å²) in [4.78, 5) is 2.03. The standard InChI is InChI=1S/C15H21F3N2O/c1-3-15(4-2)5-6-20(9-15)12-8-13(21-14(17)18)10(16)7-11(12)19/h7-8,14H,3-6,9,19H2,1-2H3. The van der Waals surface area contributed by atoms with Crippen LogP contribution >= 0.6 is 0 Å². The molecule has 118 valence electrons. The van der Waals surface area contributed by atoms with Crippen molar-refractivity contribution in [1.29, 1.82) is 0 Å². The van der Waals surface area contributed by atoms with Gasteiger partial charge in [-0.1, -0.05) is 13.8 Å². The van der Waals surface area contributed by atoms with Gasteiger partial charge in [-0.3, -0.25) is 0 Å². The molecule has 0 bridgehead atoms. The van der Waals surface area contributed by atoms with E-state index in [-0.39, 0.29) is 11.1 Å². The molecule has 21 heavy (non-hydrogen) atoms. The molecule has 1 fully saturated rings. The van der Waals surface area contributed by atoms with E-state index in [0.29, 0.717) is 5.69 Å². The van der Waals surface area contributed by atoms with Crippen LogP contribution in [0.25, 0.3) is 0 Å². The Hall–Kier alpha value is -1.59. The summed E-state index contributed by atoms with van der Waals surface area (Å²) in [6, 6.07) is 2.32. The molecular weight excluding hydrogens is 281 g/mol. The van der Waals surface area contributed by atoms with Crippen LogP contribution in [0.3, 0.4) is 0 Å². The summed E-state index contributed by atoms with van der Waals surface area (Å²) in [6.07, 6.45) is 3.10. The normalized spacial score (nSPS) is 17.5. The van der Waals surface area contributed by atoms with Crippen molar-refractivity contribution in [1.82, 2.24) is 0 Å². The molecular formula is C15H21F3N2O. The zero-order valence-corrected chi connectivity index (χ0v) is 12.3. The topological polar surface area (TPSA) is 38.5 Å². The molecule has 0 aromatic heterocycles. The third kappa shape index (κ3) is 3.19. The van der Waals surface area contributed by atoms with Crippen LogP contribution in [0.15, 0.2) is 12.1 Å². The predicted octanol–water partition coefficient (Wildman–Crippen LogP) is 4.03. The van der Waals surface area contributed by atoms with Crippen LogP contribution in [0.5, 0.6) is 5.75 Å². The Labute approximate surface area is 122 Å². The van der Waals surface area contributed by atoms with Crippen molar-refractivity contribution in [3.63, 3.8) is 0 Å². The molecule has 6 heteroatoms. The highest BCUT2D eigenvalue weighted by atomic mass is 19.3. The summed E-state index contributed by atoms with van der Waals surface area (Å²) >= 11 is 0. The molecule has 0 unspecified atom stereocenters. The first-order valence-corrected chi connectivity index (χ1v) is 7.19. The van der Waals surface area contributed by atoms with E-state index < -0.39 is 18.2 Å². The lowest BCUT2D eigenvalue weighted by Gasteiger charge is -2.28. The number of alkyl halides is 2. The van der Waals surface area contributed by atoms with Crippen molar-refractivity contribution in [2.24, 2.45) is 5.41 Å². The SMILES string of the molecule is CCC1(CC)CCN(c2cc(OC(F)F)c(F)cc2N)C1. The van der Waals surface area contributed by atoms with Gasteiger partial charge in [-0.05, 0) is 24.7 Å². The van der Waals surface area contributed by atoms with Gasteiger partial charge in [-0.2, -0.15) is 8.78 Å². The lowest BCUT2D eigenvalue weighted by molar-refractivity contribution is -0.0521. The Morgan fingerprint density at radius 2 is 2.00 bits per heavy atom. The fourth-order valence-corrected chi connectivity index (χ4v) is 2.99. The Kier molecular flexibility index (Phi) is 4.54. The molecule has 1 aliphatic rings. The fraction of sp³-hybridized carbons (Fsp3) is 0.600. The average Bonchev–Trinajstić information content (AvgIpc) is 2.86. The van der Waals surface area contributed by atoms with Crippen molar-refractivity contribution < 1.29 is 17.9 Å². The second kappa shape index (κ2) is 6.03. The van der Waals surface area contributed by atoms with Gasteiger partial charge >= 0.3 is 6.61 Å². The third-order valence-corrected chi connectivity index (χ3v) is 4.58. The molecule has 0 spiro atoms. The van der Waals surface area contributed by atoms with E-state index in [0.717, 1.165) is 38.4 Å². The Morgan fingerprint density at radius 1 is 1.33 bits per heavy atom. The van der Waals surface area contributed by atoms with Gasteiger partial charge in [0.25, 0.3) is 0 Å². The van der Waals surface area contributed by atoms with Crippen molar-refractivity contribution in [2.75, 3.05) is 23.7 Å². The second-order valence-electron chi connectivity index (χ2n) is 5.60. The van der Waals surface area contributed by atoms with Crippen molar-refractivity contribution >= 4 is 11.4 Å². The molecule has 1 aliphatic heterocycles. The molecule has 0 amide bonds. The zero-order chi connectivity index (χ0) is 15.6. The third-order valence-electron chi connectivity index (χ3n) is 4.58. The van der Waals surface area contributed by atoms with E-state index in [1.54, 1.807) is 0 Å². The van der Waals surface area contributed by atoms with Gasteiger partial charge in [0.1, 0.15) is 0 Å². The summed E-state index contributed by atoms with van der Waals surface area (Å²) in [7, 11) is 0. The predicted molar refractivity (Wildman–Crippen MR) is 77.3 cm³/mol. The molecule has 0 radical (unpaired) electrons. The van der Waals surface area contributed by atoms with Crippen molar-refractivity contribution in [3.05, 3.63) is 17.9 Å². The number of hydrogen-bond acceptors (Lipinski definition) is 3. The lowest BCUT2D eigenvalue weighted by atomic mass is 9.82. The first kappa shape index (κ1) is 15.8. The molecule has 3 nitrogen and oxygen atoms in total. The molecule has 2 rings (SSSR count). The van der Waals surface area contributed by atoms with Gasteiger partial charge in [0.15, 0.2) is 11.6 Å². The number of nitrogen functional groups attached to an aromatic ring is 1. The number of halogens is 3. The van der Waals surface area contributed by atoms with Crippen molar-refractivity contribution in [3.8, 4) is 5.75 Å². The number of nitrogens with zero attached hydrogens (tertiary/aromatic N) is 1. The van der Waals surface area contributed by atoms with E-state index in [1.165, 1.54) is 6.07 Å². The maximum atomic E-state index is 13.6. The molecule has 1 saturated heterocycles. The maximum absolute atomic E-state index is 13.6. The quantitative estimate of drug-likeness (QED) is 0.835. The summed E-state index contributed by atoms with van der Waals surface area (Å²) < 4.78 is 42.4. The van der Waals surface area contributed by atoms with Crippen LogP contribution in [-0.4, -0.2) is 19.7 Å². The first-order chi connectivity index (χ1) is 9.90. The van der Waals surface area contributed by atoms with Gasteiger partial charge in [-0.15, -0.1) is 0 Å². The van der Waals surface area contributed by atoms with Crippen LogP contribution in [0.2, 0.25) is 0 Å². The molecule has 1 aromatic carbocycles. The minimum atomic E-state index is -3.06. The van der Waals surface area contributed by atoms with E-state index in [4.69, 9.17) is 5.73 Å². The Bertz CT molecular complexity index is 504. The van der Waals surface area contributed by atoms with Gasteiger partial charge in [-0.25, -0.2) is 4.39 Å². The highest BCUT2D eigenvalue weighted by Gasteiger charge is 2.35. The molecule has 1 heterocycles. The summed E-state index contributed by atoms with van der Waals surface area (Å²) in [5.41, 5.74) is 6.87. The minimum absolute atomic E-state index is 0.213. The molecule has 2 N–H and O–H groups in total. The highest BCUT2D eigenvalue weighted by Crippen LogP contribution is 2.42. The molecule has 1 aromatic rings. The van der Waals surface area contributed by atoms with E-state index in [1.807, 2.05) is 4.90 Å². The summed E-state index contributed by atoms with van der Waals surface area (Å²) in [6.45, 7) is 2.81. The van der Waals surface area contributed by atoms with Gasteiger partial charge in [0.05, 0.1) is 11.4 Å². The van der Waals surface area contributed by atoms with Crippen molar-refractivity contribution in [2.45, 2.75) is 39.7 Å². The smallest absolute Gasteiger partial charge is 0.387 e. The number of anilines is 2.